The molecule has 1 aromatic rings. The Morgan fingerprint density at radius 2 is 2.20 bits per heavy atom. The summed E-state index contributed by atoms with van der Waals surface area (Å²) in [5.41, 5.74) is -0.0806. The van der Waals surface area contributed by atoms with Crippen molar-refractivity contribution in [3.8, 4) is 0 Å². The van der Waals surface area contributed by atoms with E-state index < -0.39 is 23.6 Å². The van der Waals surface area contributed by atoms with Gasteiger partial charge in [0.1, 0.15) is 5.03 Å². The number of H-pyrrole nitrogens is 1. The second kappa shape index (κ2) is 7.06. The standard InChI is InChI=1S/C11H15N3O5S/c1-5-7(9(20-3)14-11(18)12-5)8(15)13-6(4-19-2)10(16)17/h6H,4H2,1-3H3,(H,13,15)(H,16,17)(H,12,14,18). The van der Waals surface area contributed by atoms with Crippen LogP contribution in [0.4, 0.5) is 0 Å². The van der Waals surface area contributed by atoms with Crippen molar-refractivity contribution in [2.24, 2.45) is 0 Å². The number of methoxy groups -OCH3 is 1. The van der Waals surface area contributed by atoms with E-state index in [1.54, 1.807) is 13.2 Å². The first-order valence-electron chi connectivity index (χ1n) is 5.58. The average Bonchev–Trinajstić information content (AvgIpc) is 2.36. The third kappa shape index (κ3) is 3.81. The number of carboxylic acids is 1. The van der Waals surface area contributed by atoms with Crippen LogP contribution in [0.2, 0.25) is 0 Å². The molecule has 0 aliphatic heterocycles. The number of rotatable bonds is 6. The molecule has 0 saturated carbocycles. The van der Waals surface area contributed by atoms with Gasteiger partial charge in [-0.2, -0.15) is 4.98 Å². The average molecular weight is 301 g/mol. The van der Waals surface area contributed by atoms with Crippen molar-refractivity contribution in [3.63, 3.8) is 0 Å². The van der Waals surface area contributed by atoms with Crippen LogP contribution in [-0.4, -0.2) is 53.0 Å². The Morgan fingerprint density at radius 3 is 2.70 bits per heavy atom. The largest absolute Gasteiger partial charge is 0.480 e. The highest BCUT2D eigenvalue weighted by Crippen LogP contribution is 2.17. The summed E-state index contributed by atoms with van der Waals surface area (Å²) in [6, 6.07) is -1.17. The van der Waals surface area contributed by atoms with Crippen LogP contribution in [0.15, 0.2) is 9.82 Å². The number of aromatic amines is 1. The van der Waals surface area contributed by atoms with Crippen molar-refractivity contribution in [1.29, 1.82) is 0 Å². The van der Waals surface area contributed by atoms with E-state index in [4.69, 9.17) is 9.84 Å². The molecule has 0 spiro atoms. The van der Waals surface area contributed by atoms with Gasteiger partial charge in [0, 0.05) is 12.8 Å². The maximum absolute atomic E-state index is 12.1. The molecule has 1 unspecified atom stereocenters. The van der Waals surface area contributed by atoms with Crippen LogP contribution < -0.4 is 11.0 Å². The lowest BCUT2D eigenvalue weighted by atomic mass is 10.2. The third-order valence-corrected chi connectivity index (χ3v) is 3.13. The molecule has 20 heavy (non-hydrogen) atoms. The normalized spacial score (nSPS) is 11.9. The Kier molecular flexibility index (Phi) is 5.71. The maximum Gasteiger partial charge on any atom is 0.346 e. The summed E-state index contributed by atoms with van der Waals surface area (Å²) in [5.74, 6) is -1.83. The number of aromatic nitrogens is 2. The molecule has 9 heteroatoms. The highest BCUT2D eigenvalue weighted by Gasteiger charge is 2.24. The van der Waals surface area contributed by atoms with E-state index in [1.807, 2.05) is 0 Å². The number of nitrogens with one attached hydrogen (secondary N) is 2. The molecule has 8 nitrogen and oxygen atoms in total. The van der Waals surface area contributed by atoms with E-state index >= 15 is 0 Å². The van der Waals surface area contributed by atoms with Crippen LogP contribution in [-0.2, 0) is 9.53 Å². The van der Waals surface area contributed by atoms with Crippen molar-refractivity contribution in [2.75, 3.05) is 20.0 Å². The molecule has 1 atom stereocenters. The first-order valence-corrected chi connectivity index (χ1v) is 6.80. The number of carboxylic acid groups (broad SMARTS) is 1. The molecule has 1 amide bonds. The summed E-state index contributed by atoms with van der Waals surface area (Å²) in [6.07, 6.45) is 1.67. The summed E-state index contributed by atoms with van der Waals surface area (Å²) >= 11 is 1.13. The topological polar surface area (TPSA) is 121 Å². The van der Waals surface area contributed by atoms with Gasteiger partial charge in [0.15, 0.2) is 6.04 Å². The van der Waals surface area contributed by atoms with E-state index in [0.717, 1.165) is 11.8 Å². The van der Waals surface area contributed by atoms with Gasteiger partial charge in [0.2, 0.25) is 0 Å². The van der Waals surface area contributed by atoms with Crippen LogP contribution in [0.3, 0.4) is 0 Å². The highest BCUT2D eigenvalue weighted by molar-refractivity contribution is 7.98. The van der Waals surface area contributed by atoms with Gasteiger partial charge >= 0.3 is 11.7 Å². The van der Waals surface area contributed by atoms with E-state index in [2.05, 4.69) is 15.3 Å². The summed E-state index contributed by atoms with van der Waals surface area (Å²) in [4.78, 5) is 40.5. The molecule has 1 heterocycles. The second-order valence-electron chi connectivity index (χ2n) is 3.87. The van der Waals surface area contributed by atoms with Crippen LogP contribution in [0, 0.1) is 6.92 Å². The second-order valence-corrected chi connectivity index (χ2v) is 4.67. The fourth-order valence-corrected chi connectivity index (χ4v) is 2.17. The summed E-state index contributed by atoms with van der Waals surface area (Å²) in [7, 11) is 1.34. The smallest absolute Gasteiger partial charge is 0.346 e. The number of hydrogen-bond donors (Lipinski definition) is 3. The molecule has 1 aromatic heterocycles. The Hall–Kier alpha value is -1.87. The van der Waals surface area contributed by atoms with Gasteiger partial charge in [-0.15, -0.1) is 11.8 Å². The lowest BCUT2D eigenvalue weighted by molar-refractivity contribution is -0.140. The summed E-state index contributed by atoms with van der Waals surface area (Å²) in [6.45, 7) is 1.38. The summed E-state index contributed by atoms with van der Waals surface area (Å²) in [5, 5.41) is 11.5. The van der Waals surface area contributed by atoms with E-state index in [-0.39, 0.29) is 17.2 Å². The lowest BCUT2D eigenvalue weighted by Crippen LogP contribution is -2.44. The monoisotopic (exact) mass is 301 g/mol. The lowest BCUT2D eigenvalue weighted by Gasteiger charge is -2.15. The van der Waals surface area contributed by atoms with Gasteiger partial charge in [0.05, 0.1) is 12.2 Å². The Bertz CT molecular complexity index is 572. The first kappa shape index (κ1) is 16.2. The summed E-state index contributed by atoms with van der Waals surface area (Å²) < 4.78 is 4.73. The zero-order valence-electron chi connectivity index (χ0n) is 11.2. The molecule has 0 aliphatic rings. The number of hydrogen-bond acceptors (Lipinski definition) is 6. The zero-order valence-corrected chi connectivity index (χ0v) is 12.0. The number of nitrogens with zero attached hydrogens (tertiary/aromatic N) is 1. The minimum atomic E-state index is -1.21. The van der Waals surface area contributed by atoms with Crippen LogP contribution in [0.25, 0.3) is 0 Å². The molecule has 3 N–H and O–H groups in total. The molecule has 0 radical (unpaired) electrons. The maximum atomic E-state index is 12.1. The predicted octanol–water partition coefficient (Wildman–Crippen LogP) is -0.370. The fraction of sp³-hybridized carbons (Fsp3) is 0.455. The van der Waals surface area contributed by atoms with Gasteiger partial charge in [-0.05, 0) is 13.2 Å². The number of carbonyl (C=O) groups excluding carboxylic acids is 1. The van der Waals surface area contributed by atoms with Crippen LogP contribution in [0.1, 0.15) is 16.1 Å². The fourth-order valence-electron chi connectivity index (χ4n) is 1.55. The first-order chi connectivity index (χ1) is 9.40. The predicted molar refractivity (Wildman–Crippen MR) is 72.1 cm³/mol. The Labute approximate surface area is 118 Å². The van der Waals surface area contributed by atoms with Crippen LogP contribution in [0.5, 0.6) is 0 Å². The molecule has 110 valence electrons. The number of aryl methyl sites for hydroxylation is 1. The van der Waals surface area contributed by atoms with E-state index in [0.29, 0.717) is 5.69 Å². The molecule has 0 saturated heterocycles. The highest BCUT2D eigenvalue weighted by atomic mass is 32.2. The van der Waals surface area contributed by atoms with Gasteiger partial charge in [-0.3, -0.25) is 4.79 Å². The van der Waals surface area contributed by atoms with Crippen molar-refractivity contribution < 1.29 is 19.4 Å². The molecule has 0 fully saturated rings. The minimum Gasteiger partial charge on any atom is -0.480 e. The molecular weight excluding hydrogens is 286 g/mol. The van der Waals surface area contributed by atoms with Gasteiger partial charge in [0.25, 0.3) is 5.91 Å². The minimum absolute atomic E-state index is 0.152. The number of aliphatic carboxylic acids is 1. The van der Waals surface area contributed by atoms with E-state index in [9.17, 15) is 14.4 Å². The molecule has 0 aliphatic carbocycles. The SMILES string of the molecule is COCC(NC(=O)c1c(SC)nc(=O)[nH]c1C)C(=O)O. The Balaban J connectivity index is 3.08. The number of thioether (sulfide) groups is 1. The van der Waals surface area contributed by atoms with Crippen molar-refractivity contribution in [2.45, 2.75) is 18.0 Å². The zero-order chi connectivity index (χ0) is 15.3. The molecule has 1 rings (SSSR count). The quantitative estimate of drug-likeness (QED) is 0.484. The number of ether oxygens (including phenoxy) is 1. The van der Waals surface area contributed by atoms with Gasteiger partial charge in [-0.25, -0.2) is 9.59 Å². The van der Waals surface area contributed by atoms with Gasteiger partial charge in [-0.1, -0.05) is 0 Å². The third-order valence-electron chi connectivity index (χ3n) is 2.44. The van der Waals surface area contributed by atoms with Crippen molar-refractivity contribution in [1.82, 2.24) is 15.3 Å². The van der Waals surface area contributed by atoms with Gasteiger partial charge < -0.3 is 20.1 Å². The molecular formula is C11H15N3O5S. The molecule has 0 aromatic carbocycles. The Morgan fingerprint density at radius 1 is 1.55 bits per heavy atom. The van der Waals surface area contributed by atoms with Crippen molar-refractivity contribution in [3.05, 3.63) is 21.7 Å². The van der Waals surface area contributed by atoms with Crippen LogP contribution >= 0.6 is 11.8 Å². The van der Waals surface area contributed by atoms with Crippen molar-refractivity contribution >= 4 is 23.6 Å². The van der Waals surface area contributed by atoms with E-state index in [1.165, 1.54) is 7.11 Å². The number of carbonyl (C=O) groups is 2. The number of amides is 1. The molecule has 0 bridgehead atoms.